The van der Waals surface area contributed by atoms with Gasteiger partial charge in [-0.3, -0.25) is 4.99 Å². The molecule has 2 aliphatic heterocycles. The minimum atomic E-state index is 0. The number of nitrogens with zero attached hydrogens (tertiary/aromatic N) is 2. The van der Waals surface area contributed by atoms with Gasteiger partial charge in [-0.25, -0.2) is 0 Å². The summed E-state index contributed by atoms with van der Waals surface area (Å²) in [6.07, 6.45) is 3.43. The molecular weight excluding hydrogens is 529 g/mol. The Hall–Kier alpha value is -1.84. The van der Waals surface area contributed by atoms with Crippen molar-refractivity contribution < 1.29 is 14.2 Å². The normalized spacial score (nSPS) is 19.3. The Kier molecular flexibility index (Phi) is 10.3. The van der Waals surface area contributed by atoms with E-state index in [1.54, 1.807) is 7.11 Å². The van der Waals surface area contributed by atoms with Gasteiger partial charge in [-0.15, -0.1) is 24.0 Å². The number of benzene rings is 2. The van der Waals surface area contributed by atoms with Crippen LogP contribution in [0.3, 0.4) is 0 Å². The minimum absolute atomic E-state index is 0. The maximum atomic E-state index is 6.08. The van der Waals surface area contributed by atoms with Crippen molar-refractivity contribution in [1.29, 1.82) is 0 Å². The molecule has 6 nitrogen and oxygen atoms in total. The van der Waals surface area contributed by atoms with E-state index in [0.717, 1.165) is 63.8 Å². The number of nitrogens with one attached hydrogen (secondary N) is 1. The molecule has 0 aliphatic carbocycles. The van der Waals surface area contributed by atoms with Crippen LogP contribution in [0, 0.1) is 0 Å². The van der Waals surface area contributed by atoms with Crippen LogP contribution in [-0.4, -0.2) is 57.4 Å². The van der Waals surface area contributed by atoms with Gasteiger partial charge >= 0.3 is 0 Å². The average Bonchev–Trinajstić information content (AvgIpc) is 3.34. The van der Waals surface area contributed by atoms with Crippen LogP contribution in [0.1, 0.15) is 41.9 Å². The van der Waals surface area contributed by atoms with E-state index in [4.69, 9.17) is 14.2 Å². The van der Waals surface area contributed by atoms with Gasteiger partial charge in [0.25, 0.3) is 0 Å². The fraction of sp³-hybridized carbons (Fsp3) is 0.500. The van der Waals surface area contributed by atoms with Crippen LogP contribution in [0.4, 0.5) is 0 Å². The summed E-state index contributed by atoms with van der Waals surface area (Å²) in [5.74, 6) is 2.39. The summed E-state index contributed by atoms with van der Waals surface area (Å²) in [6.45, 7) is 5.01. The quantitative estimate of drug-likeness (QED) is 0.303. The Morgan fingerprint density at radius 3 is 2.58 bits per heavy atom. The number of aliphatic imine (C=N–C) groups is 1. The monoisotopic (exact) mass is 565 g/mol. The third-order valence-electron chi connectivity index (χ3n) is 6.38. The van der Waals surface area contributed by atoms with Crippen molar-refractivity contribution in [3.05, 3.63) is 65.2 Å². The van der Waals surface area contributed by atoms with Gasteiger partial charge in [-0.1, -0.05) is 36.4 Å². The highest BCUT2D eigenvalue weighted by atomic mass is 127. The van der Waals surface area contributed by atoms with Crippen molar-refractivity contribution in [2.75, 3.05) is 40.5 Å². The molecule has 2 heterocycles. The van der Waals surface area contributed by atoms with Crippen LogP contribution in [-0.2, 0) is 22.6 Å². The molecule has 0 saturated carbocycles. The molecule has 180 valence electrons. The number of halogens is 1. The van der Waals surface area contributed by atoms with Crippen LogP contribution >= 0.6 is 24.0 Å². The van der Waals surface area contributed by atoms with Gasteiger partial charge in [-0.05, 0) is 48.1 Å². The highest BCUT2D eigenvalue weighted by Gasteiger charge is 2.26. The van der Waals surface area contributed by atoms with Crippen molar-refractivity contribution >= 4 is 29.9 Å². The topological polar surface area (TPSA) is 55.3 Å². The number of rotatable bonds is 7. The number of hydrogen-bond acceptors (Lipinski definition) is 4. The molecular formula is C26H36IN3O3. The van der Waals surface area contributed by atoms with Gasteiger partial charge in [0.2, 0.25) is 0 Å². The molecule has 33 heavy (non-hydrogen) atoms. The predicted octanol–water partition coefficient (Wildman–Crippen LogP) is 4.57. The molecule has 0 aromatic heterocycles. The molecule has 1 atom stereocenters. The molecule has 2 fully saturated rings. The lowest BCUT2D eigenvalue weighted by atomic mass is 9.98. The van der Waals surface area contributed by atoms with Crippen molar-refractivity contribution in [1.82, 2.24) is 10.2 Å². The summed E-state index contributed by atoms with van der Waals surface area (Å²) < 4.78 is 16.8. The van der Waals surface area contributed by atoms with Crippen LogP contribution in [0.25, 0.3) is 0 Å². The maximum absolute atomic E-state index is 6.08. The van der Waals surface area contributed by atoms with Crippen molar-refractivity contribution in [3.8, 4) is 5.75 Å². The van der Waals surface area contributed by atoms with E-state index in [1.807, 2.05) is 19.2 Å². The summed E-state index contributed by atoms with van der Waals surface area (Å²) in [5.41, 5.74) is 3.82. The Labute approximate surface area is 214 Å². The second kappa shape index (κ2) is 13.2. The molecule has 2 aliphatic rings. The zero-order chi connectivity index (χ0) is 22.2. The number of hydrogen-bond donors (Lipinski definition) is 1. The first kappa shape index (κ1) is 25.8. The number of ether oxygens (including phenoxy) is 3. The van der Waals surface area contributed by atoms with E-state index < -0.39 is 0 Å². The van der Waals surface area contributed by atoms with Crippen molar-refractivity contribution in [2.24, 2.45) is 4.99 Å². The van der Waals surface area contributed by atoms with Gasteiger partial charge in [0.05, 0.1) is 19.8 Å². The van der Waals surface area contributed by atoms with Crippen molar-refractivity contribution in [2.45, 2.75) is 44.4 Å². The number of methoxy groups -OCH3 is 1. The summed E-state index contributed by atoms with van der Waals surface area (Å²) in [4.78, 5) is 6.89. The van der Waals surface area contributed by atoms with E-state index in [2.05, 4.69) is 51.6 Å². The molecule has 0 bridgehead atoms. The molecule has 0 radical (unpaired) electrons. The lowest BCUT2D eigenvalue weighted by Gasteiger charge is -2.23. The first-order valence-electron chi connectivity index (χ1n) is 11.6. The second-order valence-corrected chi connectivity index (χ2v) is 8.55. The molecule has 1 unspecified atom stereocenters. The van der Waals surface area contributed by atoms with E-state index >= 15 is 0 Å². The van der Waals surface area contributed by atoms with Gasteiger partial charge in [0.1, 0.15) is 5.75 Å². The lowest BCUT2D eigenvalue weighted by molar-refractivity contribution is -0.0390. The van der Waals surface area contributed by atoms with Gasteiger partial charge in [0, 0.05) is 45.8 Å². The van der Waals surface area contributed by atoms with Crippen molar-refractivity contribution in [3.63, 3.8) is 0 Å². The Balaban J connectivity index is 0.00000306. The average molecular weight is 565 g/mol. The summed E-state index contributed by atoms with van der Waals surface area (Å²) in [5, 5.41) is 3.55. The van der Waals surface area contributed by atoms with E-state index in [1.165, 1.54) is 16.7 Å². The largest absolute Gasteiger partial charge is 0.497 e. The van der Waals surface area contributed by atoms with Gasteiger partial charge in [0.15, 0.2) is 5.96 Å². The fourth-order valence-corrected chi connectivity index (χ4v) is 4.50. The second-order valence-electron chi connectivity index (χ2n) is 8.55. The van der Waals surface area contributed by atoms with E-state index in [9.17, 15) is 0 Å². The summed E-state index contributed by atoms with van der Waals surface area (Å²) in [7, 11) is 3.57. The molecule has 2 saturated heterocycles. The lowest BCUT2D eigenvalue weighted by Crippen LogP contribution is -2.39. The van der Waals surface area contributed by atoms with Gasteiger partial charge < -0.3 is 24.4 Å². The smallest absolute Gasteiger partial charge is 0.193 e. The predicted molar refractivity (Wildman–Crippen MR) is 143 cm³/mol. The third kappa shape index (κ3) is 7.32. The molecule has 1 N–H and O–H groups in total. The Morgan fingerprint density at radius 1 is 1.09 bits per heavy atom. The van der Waals surface area contributed by atoms with E-state index in [0.29, 0.717) is 18.6 Å². The maximum Gasteiger partial charge on any atom is 0.193 e. The SMILES string of the molecule is CN=C(NCc1cccc(COC2CCOCC2)c1)N1CCC(c2ccc(OC)cc2)C1.I. The van der Waals surface area contributed by atoms with Crippen LogP contribution < -0.4 is 10.1 Å². The molecule has 0 amide bonds. The first-order valence-corrected chi connectivity index (χ1v) is 11.6. The van der Waals surface area contributed by atoms with Crippen LogP contribution in [0.5, 0.6) is 5.75 Å². The van der Waals surface area contributed by atoms with E-state index in [-0.39, 0.29) is 24.0 Å². The van der Waals surface area contributed by atoms with Gasteiger partial charge in [-0.2, -0.15) is 0 Å². The number of likely N-dealkylation sites (tertiary alicyclic amines) is 1. The zero-order valence-corrected chi connectivity index (χ0v) is 22.0. The molecule has 0 spiro atoms. The number of guanidine groups is 1. The van der Waals surface area contributed by atoms with Crippen LogP contribution in [0.2, 0.25) is 0 Å². The molecule has 2 aromatic rings. The highest BCUT2D eigenvalue weighted by molar-refractivity contribution is 14.0. The Morgan fingerprint density at radius 2 is 1.85 bits per heavy atom. The first-order chi connectivity index (χ1) is 15.7. The Bertz CT molecular complexity index is 885. The molecule has 2 aromatic carbocycles. The summed E-state index contributed by atoms with van der Waals surface area (Å²) >= 11 is 0. The summed E-state index contributed by atoms with van der Waals surface area (Å²) in [6, 6.07) is 17.1. The standard InChI is InChI=1S/C26H35N3O3.HI/c1-27-26(29-13-10-23(18-29)22-6-8-24(30-2)9-7-22)28-17-20-4-3-5-21(16-20)19-32-25-11-14-31-15-12-25;/h3-9,16,23,25H,10-15,17-19H2,1-2H3,(H,27,28);1H. The third-order valence-corrected chi connectivity index (χ3v) is 6.38. The minimum Gasteiger partial charge on any atom is -0.497 e. The fourth-order valence-electron chi connectivity index (χ4n) is 4.50. The zero-order valence-electron chi connectivity index (χ0n) is 19.7. The molecule has 4 rings (SSSR count). The molecule has 7 heteroatoms. The highest BCUT2D eigenvalue weighted by Crippen LogP contribution is 2.28. The van der Waals surface area contributed by atoms with Crippen LogP contribution in [0.15, 0.2) is 53.5 Å².